The van der Waals surface area contributed by atoms with E-state index in [-0.39, 0.29) is 11.5 Å². The molecule has 1 aromatic carbocycles. The summed E-state index contributed by atoms with van der Waals surface area (Å²) < 4.78 is 37.4. The van der Waals surface area contributed by atoms with Gasteiger partial charge in [-0.2, -0.15) is 10.2 Å². The highest BCUT2D eigenvalue weighted by Gasteiger charge is 2.43. The van der Waals surface area contributed by atoms with Gasteiger partial charge in [-0.3, -0.25) is 4.98 Å². The zero-order chi connectivity index (χ0) is 20.9. The highest BCUT2D eigenvalue weighted by molar-refractivity contribution is 6.14. The van der Waals surface area contributed by atoms with Crippen LogP contribution in [0.5, 0.6) is 11.5 Å². The molecule has 9 heteroatoms. The molecule has 0 bridgehead atoms. The van der Waals surface area contributed by atoms with Crippen LogP contribution in [0.4, 0.5) is 14.5 Å². The van der Waals surface area contributed by atoms with Crippen LogP contribution in [0.3, 0.4) is 0 Å². The molecular formula is C21H15F2N5O2. The van der Waals surface area contributed by atoms with Crippen molar-refractivity contribution in [2.45, 2.75) is 13.2 Å². The summed E-state index contributed by atoms with van der Waals surface area (Å²) in [6.07, 6.45) is 3.19. The van der Waals surface area contributed by atoms with Gasteiger partial charge in [-0.25, -0.2) is 9.69 Å². The molecule has 0 atom stereocenters. The van der Waals surface area contributed by atoms with Crippen molar-refractivity contribution < 1.29 is 18.3 Å². The summed E-state index contributed by atoms with van der Waals surface area (Å²) in [5.74, 6) is -0.0752. The predicted molar refractivity (Wildman–Crippen MR) is 106 cm³/mol. The van der Waals surface area contributed by atoms with Gasteiger partial charge in [0, 0.05) is 24.2 Å². The molecule has 0 unspecified atom stereocenters. The molecule has 0 aliphatic carbocycles. The molecule has 0 spiro atoms. The number of rotatable bonds is 3. The maximum Gasteiger partial charge on any atom is 0.586 e. The normalized spacial score (nSPS) is 16.7. The van der Waals surface area contributed by atoms with Gasteiger partial charge in [-0.15, -0.1) is 8.78 Å². The number of hydrazone groups is 1. The van der Waals surface area contributed by atoms with Crippen LogP contribution in [0.1, 0.15) is 11.4 Å². The van der Waals surface area contributed by atoms with Crippen LogP contribution in [0.2, 0.25) is 0 Å². The average molecular weight is 407 g/mol. The Balaban J connectivity index is 1.53. The third kappa shape index (κ3) is 3.10. The highest BCUT2D eigenvalue weighted by Crippen LogP contribution is 2.43. The second-order valence-corrected chi connectivity index (χ2v) is 6.72. The van der Waals surface area contributed by atoms with Gasteiger partial charge in [0.1, 0.15) is 5.71 Å². The van der Waals surface area contributed by atoms with E-state index in [0.29, 0.717) is 17.0 Å². The molecule has 0 radical (unpaired) electrons. The van der Waals surface area contributed by atoms with E-state index < -0.39 is 6.29 Å². The van der Waals surface area contributed by atoms with Gasteiger partial charge >= 0.3 is 6.29 Å². The average Bonchev–Trinajstić information content (AvgIpc) is 3.30. The lowest BCUT2D eigenvalue weighted by Crippen LogP contribution is -2.25. The Bertz CT molecular complexity index is 1230. The molecule has 3 aromatic rings. The smallest absolute Gasteiger partial charge is 0.395 e. The van der Waals surface area contributed by atoms with Crippen molar-refractivity contribution in [3.8, 4) is 17.2 Å². The number of aromatic nitrogens is 3. The van der Waals surface area contributed by atoms with Crippen LogP contribution in [0, 0.1) is 6.92 Å². The van der Waals surface area contributed by atoms with Crippen molar-refractivity contribution in [2.75, 3.05) is 5.01 Å². The van der Waals surface area contributed by atoms with Crippen LogP contribution in [0.25, 0.3) is 5.69 Å². The van der Waals surface area contributed by atoms with Gasteiger partial charge in [0.05, 0.1) is 23.3 Å². The first-order chi connectivity index (χ1) is 14.4. The predicted octanol–water partition coefficient (Wildman–Crippen LogP) is 4.19. The molecule has 2 aliphatic rings. The largest absolute Gasteiger partial charge is 0.586 e. The Morgan fingerprint density at radius 3 is 2.67 bits per heavy atom. The first kappa shape index (κ1) is 18.0. The van der Waals surface area contributed by atoms with Gasteiger partial charge in [0.15, 0.2) is 11.5 Å². The van der Waals surface area contributed by atoms with Crippen LogP contribution in [0.15, 0.2) is 78.3 Å². The Morgan fingerprint density at radius 1 is 1.00 bits per heavy atom. The van der Waals surface area contributed by atoms with E-state index in [1.165, 1.54) is 12.1 Å². The number of pyridine rings is 1. The molecule has 150 valence electrons. The number of nitrogens with zero attached hydrogens (tertiary/aromatic N) is 5. The van der Waals surface area contributed by atoms with Crippen LogP contribution in [-0.2, 0) is 0 Å². The van der Waals surface area contributed by atoms with Crippen molar-refractivity contribution in [3.63, 3.8) is 0 Å². The number of benzene rings is 1. The van der Waals surface area contributed by atoms with Crippen molar-refractivity contribution in [3.05, 3.63) is 84.6 Å². The minimum absolute atomic E-state index is 0.0236. The SMILES string of the molecule is C=C1C=CN(c2ccc3c(c2)OC(F)(F)O3)N=C1c1ccnn1-c1ccnc(C)c1. The van der Waals surface area contributed by atoms with E-state index in [1.54, 1.807) is 40.4 Å². The third-order valence-corrected chi connectivity index (χ3v) is 4.59. The molecule has 7 nitrogen and oxygen atoms in total. The molecule has 0 amide bonds. The first-order valence-corrected chi connectivity index (χ1v) is 9.02. The van der Waals surface area contributed by atoms with Crippen molar-refractivity contribution >= 4 is 11.4 Å². The summed E-state index contributed by atoms with van der Waals surface area (Å²) in [6.45, 7) is 5.97. The van der Waals surface area contributed by atoms with Crippen molar-refractivity contribution in [1.82, 2.24) is 14.8 Å². The van der Waals surface area contributed by atoms with E-state index in [1.807, 2.05) is 25.1 Å². The fraction of sp³-hybridized carbons (Fsp3) is 0.0952. The first-order valence-electron chi connectivity index (χ1n) is 9.02. The maximum absolute atomic E-state index is 13.3. The zero-order valence-corrected chi connectivity index (χ0v) is 15.8. The summed E-state index contributed by atoms with van der Waals surface area (Å²) in [5, 5.41) is 10.6. The number of ether oxygens (including phenoxy) is 2. The Labute approximate surface area is 170 Å². The number of allylic oxidation sites excluding steroid dienone is 2. The molecule has 0 saturated carbocycles. The maximum atomic E-state index is 13.3. The summed E-state index contributed by atoms with van der Waals surface area (Å²) in [5.41, 5.74) is 4.23. The summed E-state index contributed by atoms with van der Waals surface area (Å²) in [4.78, 5) is 4.21. The zero-order valence-electron chi connectivity index (χ0n) is 15.8. The van der Waals surface area contributed by atoms with Gasteiger partial charge in [0.2, 0.25) is 0 Å². The van der Waals surface area contributed by atoms with Crippen LogP contribution < -0.4 is 14.5 Å². The topological polar surface area (TPSA) is 64.8 Å². The van der Waals surface area contributed by atoms with E-state index >= 15 is 0 Å². The van der Waals surface area contributed by atoms with E-state index in [4.69, 9.17) is 0 Å². The lowest BCUT2D eigenvalue weighted by molar-refractivity contribution is -0.286. The number of hydrogen-bond donors (Lipinski definition) is 0. The van der Waals surface area contributed by atoms with Gasteiger partial charge in [-0.1, -0.05) is 6.58 Å². The molecule has 4 heterocycles. The Hall–Kier alpha value is -4.01. The van der Waals surface area contributed by atoms with Crippen molar-refractivity contribution in [1.29, 1.82) is 0 Å². The quantitative estimate of drug-likeness (QED) is 0.651. The third-order valence-electron chi connectivity index (χ3n) is 4.59. The highest BCUT2D eigenvalue weighted by atomic mass is 19.3. The molecule has 0 fully saturated rings. The second-order valence-electron chi connectivity index (χ2n) is 6.72. The molecule has 2 aromatic heterocycles. The Kier molecular flexibility index (Phi) is 3.92. The number of alkyl halides is 2. The molecule has 2 aliphatic heterocycles. The molecule has 0 N–H and O–H groups in total. The molecular weight excluding hydrogens is 392 g/mol. The second kappa shape index (κ2) is 6.51. The van der Waals surface area contributed by atoms with E-state index in [9.17, 15) is 8.78 Å². The van der Waals surface area contributed by atoms with Gasteiger partial charge in [-0.05, 0) is 48.9 Å². The number of hydrogen-bond acceptors (Lipinski definition) is 6. The van der Waals surface area contributed by atoms with Gasteiger partial charge in [0.25, 0.3) is 0 Å². The summed E-state index contributed by atoms with van der Waals surface area (Å²) in [6, 6.07) is 10.1. The summed E-state index contributed by atoms with van der Waals surface area (Å²) >= 11 is 0. The molecule has 0 saturated heterocycles. The lowest BCUT2D eigenvalue weighted by atomic mass is 10.1. The van der Waals surface area contributed by atoms with Gasteiger partial charge < -0.3 is 9.47 Å². The lowest BCUT2D eigenvalue weighted by Gasteiger charge is -2.22. The standard InChI is InChI=1S/C21H15F2N5O2/c1-13-7-10-27(15-3-4-18-19(12-15)30-21(22,23)29-18)26-20(13)17-6-9-25-28(17)16-5-8-24-14(2)11-16/h3-12H,1H2,2H3. The number of halogens is 2. The minimum atomic E-state index is -3.67. The molecule has 30 heavy (non-hydrogen) atoms. The fourth-order valence-electron chi connectivity index (χ4n) is 3.24. The van der Waals surface area contributed by atoms with Crippen LogP contribution in [-0.4, -0.2) is 26.8 Å². The Morgan fingerprint density at radius 2 is 1.83 bits per heavy atom. The van der Waals surface area contributed by atoms with Crippen molar-refractivity contribution in [2.24, 2.45) is 5.10 Å². The van der Waals surface area contributed by atoms with Crippen LogP contribution >= 0.6 is 0 Å². The minimum Gasteiger partial charge on any atom is -0.395 e. The number of anilines is 1. The molecule has 5 rings (SSSR count). The van der Waals surface area contributed by atoms with E-state index in [2.05, 4.69) is 31.2 Å². The summed E-state index contributed by atoms with van der Waals surface area (Å²) in [7, 11) is 0. The van der Waals surface area contributed by atoms with E-state index in [0.717, 1.165) is 17.1 Å². The monoisotopic (exact) mass is 407 g/mol. The fourth-order valence-corrected chi connectivity index (χ4v) is 3.24. The number of aryl methyl sites for hydroxylation is 1. The number of fused-ring (bicyclic) bond motifs is 1.